The van der Waals surface area contributed by atoms with Crippen LogP contribution in [0.15, 0.2) is 0 Å². The topological polar surface area (TPSA) is 58.6 Å². The highest BCUT2D eigenvalue weighted by atomic mass is 16.6. The number of carbonyl (C=O) groups is 1. The van der Waals surface area contributed by atoms with Gasteiger partial charge in [0.05, 0.1) is 11.6 Å². The summed E-state index contributed by atoms with van der Waals surface area (Å²) in [6, 6.07) is -0.123. The Balaban J connectivity index is 2.67. The second-order valence-electron chi connectivity index (χ2n) is 3.41. The summed E-state index contributed by atoms with van der Waals surface area (Å²) in [7, 11) is 0. The van der Waals surface area contributed by atoms with Crippen molar-refractivity contribution in [2.75, 3.05) is 0 Å². The molecule has 0 saturated carbocycles. The van der Waals surface area contributed by atoms with Crippen molar-refractivity contribution < 1.29 is 14.6 Å². The molecule has 1 aliphatic rings. The lowest BCUT2D eigenvalue weighted by Crippen LogP contribution is -2.43. The van der Waals surface area contributed by atoms with Gasteiger partial charge in [-0.1, -0.05) is 0 Å². The van der Waals surface area contributed by atoms with Gasteiger partial charge in [0.25, 0.3) is 0 Å². The van der Waals surface area contributed by atoms with Gasteiger partial charge < -0.3 is 15.2 Å². The first-order valence-electron chi connectivity index (χ1n) is 3.61. The predicted molar refractivity (Wildman–Crippen MR) is 39.2 cm³/mol. The molecule has 0 aromatic rings. The van der Waals surface area contributed by atoms with E-state index in [1.165, 1.54) is 0 Å². The third-order valence-corrected chi connectivity index (χ3v) is 1.73. The lowest BCUT2D eigenvalue weighted by Gasteiger charge is -2.25. The Labute approximate surface area is 65.5 Å². The first kappa shape index (κ1) is 8.33. The highest BCUT2D eigenvalue weighted by molar-refractivity contribution is 5.70. The summed E-state index contributed by atoms with van der Waals surface area (Å²) >= 11 is 0. The summed E-state index contributed by atoms with van der Waals surface area (Å²) in [4.78, 5) is 10.7. The van der Waals surface area contributed by atoms with Gasteiger partial charge in [0, 0.05) is 0 Å². The molecule has 1 fully saturated rings. The molecule has 11 heavy (non-hydrogen) atoms. The largest absolute Gasteiger partial charge is 0.441 e. The van der Waals surface area contributed by atoms with E-state index < -0.39 is 17.8 Å². The summed E-state index contributed by atoms with van der Waals surface area (Å²) in [5.74, 6) is 0. The van der Waals surface area contributed by atoms with E-state index >= 15 is 0 Å². The smallest absolute Gasteiger partial charge is 0.407 e. The molecule has 1 heterocycles. The standard InChI is InChI=1S/C7H13NO3/c1-4-5(7(2,3)10)11-6(9)8-4/h4-5,10H,1-3H3,(H,8,9)/t4-,5+/m0/s1. The summed E-state index contributed by atoms with van der Waals surface area (Å²) in [6.45, 7) is 5.04. The van der Waals surface area contributed by atoms with Crippen LogP contribution >= 0.6 is 0 Å². The van der Waals surface area contributed by atoms with Crippen LogP contribution in [0.5, 0.6) is 0 Å². The van der Waals surface area contributed by atoms with E-state index in [1.807, 2.05) is 0 Å². The maximum Gasteiger partial charge on any atom is 0.407 e. The van der Waals surface area contributed by atoms with Gasteiger partial charge in [-0.3, -0.25) is 0 Å². The van der Waals surface area contributed by atoms with Crippen LogP contribution in [0.1, 0.15) is 20.8 Å². The molecule has 64 valence electrons. The maximum absolute atomic E-state index is 10.7. The van der Waals surface area contributed by atoms with Crippen molar-refractivity contribution in [2.24, 2.45) is 0 Å². The van der Waals surface area contributed by atoms with Crippen molar-refractivity contribution in [2.45, 2.75) is 38.5 Å². The SMILES string of the molecule is C[C@@H]1NC(=O)O[C@H]1C(C)(C)O. The molecule has 0 aliphatic carbocycles. The molecule has 4 nitrogen and oxygen atoms in total. The molecule has 1 aliphatic heterocycles. The second kappa shape index (κ2) is 2.37. The van der Waals surface area contributed by atoms with E-state index in [2.05, 4.69) is 5.32 Å². The Morgan fingerprint density at radius 3 is 2.36 bits per heavy atom. The second-order valence-corrected chi connectivity index (χ2v) is 3.41. The van der Waals surface area contributed by atoms with Crippen molar-refractivity contribution >= 4 is 6.09 Å². The molecule has 2 atom stereocenters. The van der Waals surface area contributed by atoms with E-state index in [9.17, 15) is 9.90 Å². The summed E-state index contributed by atoms with van der Waals surface area (Å²) in [5.41, 5.74) is -0.974. The minimum Gasteiger partial charge on any atom is -0.441 e. The first-order chi connectivity index (χ1) is 4.91. The zero-order valence-corrected chi connectivity index (χ0v) is 6.92. The van der Waals surface area contributed by atoms with Gasteiger partial charge in [0.1, 0.15) is 0 Å². The van der Waals surface area contributed by atoms with E-state index in [0.717, 1.165) is 0 Å². The van der Waals surface area contributed by atoms with E-state index in [1.54, 1.807) is 20.8 Å². The summed E-state index contributed by atoms with van der Waals surface area (Å²) in [5, 5.41) is 12.0. The number of ether oxygens (including phenoxy) is 1. The number of hydrogen-bond donors (Lipinski definition) is 2. The zero-order chi connectivity index (χ0) is 8.65. The normalized spacial score (nSPS) is 31.5. The number of carbonyl (C=O) groups excluding carboxylic acids is 1. The highest BCUT2D eigenvalue weighted by Gasteiger charge is 2.40. The molecule has 1 saturated heterocycles. The Morgan fingerprint density at radius 2 is 2.18 bits per heavy atom. The number of cyclic esters (lactones) is 1. The quantitative estimate of drug-likeness (QED) is 0.576. The molecule has 0 aromatic heterocycles. The van der Waals surface area contributed by atoms with Crippen LogP contribution in [0.3, 0.4) is 0 Å². The van der Waals surface area contributed by atoms with Crippen LogP contribution in [0.25, 0.3) is 0 Å². The Kier molecular flexibility index (Phi) is 1.80. The Morgan fingerprint density at radius 1 is 1.64 bits per heavy atom. The molecule has 0 unspecified atom stereocenters. The number of hydrogen-bond acceptors (Lipinski definition) is 3. The molecule has 0 bridgehead atoms. The third kappa shape index (κ3) is 1.63. The van der Waals surface area contributed by atoms with Crippen LogP contribution in [0.4, 0.5) is 4.79 Å². The van der Waals surface area contributed by atoms with Gasteiger partial charge >= 0.3 is 6.09 Å². The number of nitrogens with one attached hydrogen (secondary N) is 1. The highest BCUT2D eigenvalue weighted by Crippen LogP contribution is 2.20. The number of aliphatic hydroxyl groups is 1. The fourth-order valence-electron chi connectivity index (χ4n) is 1.27. The van der Waals surface area contributed by atoms with E-state index in [-0.39, 0.29) is 6.04 Å². The molecule has 2 N–H and O–H groups in total. The van der Waals surface area contributed by atoms with Crippen LogP contribution in [-0.4, -0.2) is 28.9 Å². The minimum atomic E-state index is -0.974. The molecule has 1 amide bonds. The van der Waals surface area contributed by atoms with Crippen molar-refractivity contribution in [1.82, 2.24) is 5.32 Å². The summed E-state index contributed by atoms with van der Waals surface area (Å²) < 4.78 is 4.84. The Bertz CT molecular complexity index is 173. The van der Waals surface area contributed by atoms with Crippen LogP contribution in [-0.2, 0) is 4.74 Å². The van der Waals surface area contributed by atoms with Gasteiger partial charge in [0.15, 0.2) is 6.10 Å². The molecule has 4 heteroatoms. The van der Waals surface area contributed by atoms with Crippen molar-refractivity contribution in [3.63, 3.8) is 0 Å². The monoisotopic (exact) mass is 159 g/mol. The van der Waals surface area contributed by atoms with Crippen LogP contribution < -0.4 is 5.32 Å². The fraction of sp³-hybridized carbons (Fsp3) is 0.857. The minimum absolute atomic E-state index is 0.123. The molecular weight excluding hydrogens is 146 g/mol. The van der Waals surface area contributed by atoms with Crippen LogP contribution in [0.2, 0.25) is 0 Å². The van der Waals surface area contributed by atoms with Crippen molar-refractivity contribution in [3.05, 3.63) is 0 Å². The zero-order valence-electron chi connectivity index (χ0n) is 6.92. The maximum atomic E-state index is 10.7. The van der Waals surface area contributed by atoms with Gasteiger partial charge in [-0.2, -0.15) is 0 Å². The average Bonchev–Trinajstić information content (AvgIpc) is 2.08. The lowest BCUT2D eigenvalue weighted by atomic mass is 9.97. The molecule has 0 radical (unpaired) electrons. The molecule has 0 spiro atoms. The third-order valence-electron chi connectivity index (χ3n) is 1.73. The van der Waals surface area contributed by atoms with Gasteiger partial charge in [-0.25, -0.2) is 4.79 Å². The van der Waals surface area contributed by atoms with Gasteiger partial charge in [-0.15, -0.1) is 0 Å². The van der Waals surface area contributed by atoms with Crippen molar-refractivity contribution in [1.29, 1.82) is 0 Å². The molecule has 1 rings (SSSR count). The lowest BCUT2D eigenvalue weighted by molar-refractivity contribution is -0.0425. The number of rotatable bonds is 1. The predicted octanol–water partition coefficient (Wildman–Crippen LogP) is 0.254. The number of alkyl carbamates (subject to hydrolysis) is 1. The van der Waals surface area contributed by atoms with E-state index in [4.69, 9.17) is 4.74 Å². The Hall–Kier alpha value is -0.770. The first-order valence-corrected chi connectivity index (χ1v) is 3.61. The van der Waals surface area contributed by atoms with Gasteiger partial charge in [-0.05, 0) is 20.8 Å². The number of amides is 1. The molecular formula is C7H13NO3. The van der Waals surface area contributed by atoms with Crippen LogP contribution in [0, 0.1) is 0 Å². The average molecular weight is 159 g/mol. The van der Waals surface area contributed by atoms with Crippen molar-refractivity contribution in [3.8, 4) is 0 Å². The fourth-order valence-corrected chi connectivity index (χ4v) is 1.27. The molecule has 0 aromatic carbocycles. The van der Waals surface area contributed by atoms with Gasteiger partial charge in [0.2, 0.25) is 0 Å². The summed E-state index contributed by atoms with van der Waals surface area (Å²) in [6.07, 6.45) is -0.903. The van der Waals surface area contributed by atoms with E-state index in [0.29, 0.717) is 0 Å².